The maximum absolute atomic E-state index is 10.8. The molecule has 1 saturated heterocycles. The zero-order valence-corrected chi connectivity index (χ0v) is 15.7. The van der Waals surface area contributed by atoms with Crippen molar-refractivity contribution in [2.45, 2.75) is 49.4 Å². The number of aliphatic hydroxyl groups is 3. The van der Waals surface area contributed by atoms with Crippen molar-refractivity contribution in [3.63, 3.8) is 0 Å². The Hall–Kier alpha value is -2.03. The van der Waals surface area contributed by atoms with E-state index in [4.69, 9.17) is 16.3 Å². The summed E-state index contributed by atoms with van der Waals surface area (Å²) in [4.78, 5) is 8.42. The number of aromatic nitrogens is 3. The van der Waals surface area contributed by atoms with Gasteiger partial charge in [0.1, 0.15) is 36.4 Å². The second-order valence-corrected chi connectivity index (χ2v) is 7.63. The van der Waals surface area contributed by atoms with E-state index < -0.39 is 30.6 Å². The van der Waals surface area contributed by atoms with Gasteiger partial charge in [-0.05, 0) is 35.6 Å². The summed E-state index contributed by atoms with van der Waals surface area (Å²) in [5, 5.41) is 32.8. The minimum absolute atomic E-state index is 0.236. The fraction of sp³-hybridized carbons (Fsp3) is 0.400. The second kappa shape index (κ2) is 6.79. The smallest absolute Gasteiger partial charge is 0.164 e. The first-order chi connectivity index (χ1) is 13.6. The van der Waals surface area contributed by atoms with Crippen LogP contribution < -0.4 is 0 Å². The largest absolute Gasteiger partial charge is 0.387 e. The number of benzene rings is 1. The predicted octanol–water partition coefficient (Wildman–Crippen LogP) is 1.62. The number of ether oxygens (including phenoxy) is 1. The van der Waals surface area contributed by atoms with E-state index in [0.717, 1.165) is 18.2 Å². The van der Waals surface area contributed by atoms with Crippen molar-refractivity contribution >= 4 is 22.6 Å². The number of rotatable bonds is 4. The minimum Gasteiger partial charge on any atom is -0.387 e. The first kappa shape index (κ1) is 18.0. The van der Waals surface area contributed by atoms with Gasteiger partial charge in [-0.25, -0.2) is 9.97 Å². The lowest BCUT2D eigenvalue weighted by atomic mass is 9.85. The van der Waals surface area contributed by atoms with Crippen LogP contribution in [-0.4, -0.2) is 48.2 Å². The number of aliphatic hydroxyl groups excluding tert-OH is 3. The molecule has 2 aromatic heterocycles. The highest BCUT2D eigenvalue weighted by atomic mass is 35.5. The Balaban J connectivity index is 1.46. The Labute approximate surface area is 166 Å². The Morgan fingerprint density at radius 1 is 1.14 bits per heavy atom. The molecule has 146 valence electrons. The van der Waals surface area contributed by atoms with Gasteiger partial charge in [-0.1, -0.05) is 18.2 Å². The molecule has 1 aliphatic heterocycles. The lowest BCUT2D eigenvalue weighted by molar-refractivity contribution is -0.0848. The number of fused-ring (bicyclic) bond motifs is 2. The fourth-order valence-electron chi connectivity index (χ4n) is 4.10. The summed E-state index contributed by atoms with van der Waals surface area (Å²) in [7, 11) is 0. The monoisotopic (exact) mass is 401 g/mol. The highest BCUT2D eigenvalue weighted by Crippen LogP contribution is 2.38. The van der Waals surface area contributed by atoms with Crippen LogP contribution >= 0.6 is 11.6 Å². The molecule has 1 aromatic carbocycles. The number of aryl methyl sites for hydroxylation is 2. The molecule has 5 rings (SSSR count). The molecule has 0 unspecified atom stereocenters. The number of hydrogen-bond donors (Lipinski definition) is 3. The zero-order valence-electron chi connectivity index (χ0n) is 14.9. The molecule has 28 heavy (non-hydrogen) atoms. The van der Waals surface area contributed by atoms with Crippen LogP contribution in [0.3, 0.4) is 0 Å². The maximum Gasteiger partial charge on any atom is 0.164 e. The molecule has 8 heteroatoms. The molecule has 7 nitrogen and oxygen atoms in total. The van der Waals surface area contributed by atoms with Crippen LogP contribution in [0.25, 0.3) is 11.0 Å². The van der Waals surface area contributed by atoms with Crippen LogP contribution in [0.4, 0.5) is 0 Å². The molecule has 3 aromatic rings. The van der Waals surface area contributed by atoms with Crippen molar-refractivity contribution in [1.29, 1.82) is 0 Å². The maximum atomic E-state index is 10.8. The third kappa shape index (κ3) is 2.66. The normalized spacial score (nSPS) is 27.6. The topological polar surface area (TPSA) is 101 Å². The highest BCUT2D eigenvalue weighted by Gasteiger charge is 2.47. The first-order valence-electron chi connectivity index (χ1n) is 9.26. The van der Waals surface area contributed by atoms with Gasteiger partial charge in [0, 0.05) is 11.6 Å². The van der Waals surface area contributed by atoms with E-state index in [9.17, 15) is 15.3 Å². The van der Waals surface area contributed by atoms with Gasteiger partial charge in [-0.2, -0.15) is 0 Å². The molecule has 0 radical (unpaired) electrons. The summed E-state index contributed by atoms with van der Waals surface area (Å²) in [6.45, 7) is 0. The van der Waals surface area contributed by atoms with Crippen molar-refractivity contribution < 1.29 is 20.1 Å². The van der Waals surface area contributed by atoms with Crippen molar-refractivity contribution in [2.24, 2.45) is 0 Å². The van der Waals surface area contributed by atoms with Gasteiger partial charge in [-0.3, -0.25) is 0 Å². The molecule has 0 amide bonds. The molecular formula is C20H20ClN3O4. The third-order valence-corrected chi connectivity index (χ3v) is 6.07. The van der Waals surface area contributed by atoms with Gasteiger partial charge in [0.25, 0.3) is 0 Å². The summed E-state index contributed by atoms with van der Waals surface area (Å²) in [5.74, 6) is 0.236. The zero-order chi connectivity index (χ0) is 19.4. The van der Waals surface area contributed by atoms with E-state index in [1.165, 1.54) is 17.5 Å². The molecule has 1 aliphatic carbocycles. The number of nitrogens with zero attached hydrogens (tertiary/aromatic N) is 3. The van der Waals surface area contributed by atoms with Crippen molar-refractivity contribution in [3.8, 4) is 0 Å². The van der Waals surface area contributed by atoms with Gasteiger partial charge in [0.05, 0.1) is 11.6 Å². The van der Waals surface area contributed by atoms with Crippen LogP contribution in [0.2, 0.25) is 0 Å². The Kier molecular flexibility index (Phi) is 4.37. The standard InChI is InChI=1S/C20H20ClN3O4/c21-8-14-13-5-6-24(19(13)23-9-22-14)20-17(27)16(26)18(28-20)15(25)12-4-2-10-1-3-11(10)7-12/h2,4-7,9,15-18,20,25-27H,1,3,8H2/t15-,16+,17-,18-,20-/m1/s1. The average molecular weight is 402 g/mol. The van der Waals surface area contributed by atoms with Gasteiger partial charge >= 0.3 is 0 Å². The van der Waals surface area contributed by atoms with Gasteiger partial charge in [-0.15, -0.1) is 11.6 Å². The summed E-state index contributed by atoms with van der Waals surface area (Å²) in [6, 6.07) is 7.60. The Bertz CT molecular complexity index is 1040. The van der Waals surface area contributed by atoms with Crippen LogP contribution in [0.5, 0.6) is 0 Å². The molecule has 2 aliphatic rings. The van der Waals surface area contributed by atoms with Crippen molar-refractivity contribution in [3.05, 3.63) is 59.2 Å². The van der Waals surface area contributed by atoms with E-state index in [1.807, 2.05) is 18.2 Å². The van der Waals surface area contributed by atoms with Gasteiger partial charge < -0.3 is 24.6 Å². The van der Waals surface area contributed by atoms with E-state index in [1.54, 1.807) is 16.8 Å². The minimum atomic E-state index is -1.24. The highest BCUT2D eigenvalue weighted by molar-refractivity contribution is 6.17. The van der Waals surface area contributed by atoms with Crippen LogP contribution in [0.15, 0.2) is 36.8 Å². The van der Waals surface area contributed by atoms with Crippen molar-refractivity contribution in [2.75, 3.05) is 0 Å². The molecule has 5 atom stereocenters. The lowest BCUT2D eigenvalue weighted by Gasteiger charge is -2.25. The third-order valence-electron chi connectivity index (χ3n) is 5.81. The quantitative estimate of drug-likeness (QED) is 0.574. The molecule has 0 bridgehead atoms. The van der Waals surface area contributed by atoms with Crippen LogP contribution in [-0.2, 0) is 23.5 Å². The first-order valence-corrected chi connectivity index (χ1v) is 9.79. The van der Waals surface area contributed by atoms with Crippen LogP contribution in [0, 0.1) is 0 Å². The molecule has 1 fully saturated rings. The van der Waals surface area contributed by atoms with E-state index in [-0.39, 0.29) is 5.88 Å². The molecule has 3 N–H and O–H groups in total. The number of halogens is 1. The SMILES string of the molecule is O[C@@H]1[C@H](O)[C@@H]([C@H](O)c2ccc3c(c2)CC3)O[C@H]1n1ccc2c(CCl)ncnc21. The second-order valence-electron chi connectivity index (χ2n) is 7.36. The molecule has 0 spiro atoms. The fourth-order valence-corrected chi connectivity index (χ4v) is 4.31. The number of hydrogen-bond acceptors (Lipinski definition) is 6. The van der Waals surface area contributed by atoms with E-state index in [2.05, 4.69) is 9.97 Å². The Morgan fingerprint density at radius 2 is 1.96 bits per heavy atom. The lowest BCUT2D eigenvalue weighted by Crippen LogP contribution is -2.35. The van der Waals surface area contributed by atoms with Crippen LogP contribution in [0.1, 0.15) is 34.7 Å². The summed E-state index contributed by atoms with van der Waals surface area (Å²) < 4.78 is 7.58. The average Bonchev–Trinajstić information content (AvgIpc) is 3.24. The van der Waals surface area contributed by atoms with Gasteiger partial charge in [0.15, 0.2) is 6.23 Å². The van der Waals surface area contributed by atoms with E-state index >= 15 is 0 Å². The molecule has 3 heterocycles. The summed E-state index contributed by atoms with van der Waals surface area (Å²) in [6.07, 6.45) is -0.154. The number of alkyl halides is 1. The summed E-state index contributed by atoms with van der Waals surface area (Å²) in [5.41, 5.74) is 4.41. The predicted molar refractivity (Wildman–Crippen MR) is 102 cm³/mol. The van der Waals surface area contributed by atoms with Gasteiger partial charge in [0.2, 0.25) is 0 Å². The molecular weight excluding hydrogens is 382 g/mol. The van der Waals surface area contributed by atoms with Crippen molar-refractivity contribution in [1.82, 2.24) is 14.5 Å². The molecule has 0 saturated carbocycles. The Morgan fingerprint density at radius 3 is 2.68 bits per heavy atom. The van der Waals surface area contributed by atoms with E-state index in [0.29, 0.717) is 16.9 Å². The summed E-state index contributed by atoms with van der Waals surface area (Å²) >= 11 is 5.93.